The number of nitrogens with zero attached hydrogens (tertiary/aromatic N) is 2. The number of hydrogen-bond acceptors (Lipinski definition) is 6. The Morgan fingerprint density at radius 2 is 1.22 bits per heavy atom. The summed E-state index contributed by atoms with van der Waals surface area (Å²) in [5, 5.41) is 0. The van der Waals surface area contributed by atoms with Crippen molar-refractivity contribution in [2.24, 2.45) is 0 Å². The number of rotatable bonds is 10. The van der Waals surface area contributed by atoms with Crippen LogP contribution in [0.1, 0.15) is 102 Å². The molecule has 4 rings (SSSR count). The minimum atomic E-state index is 0.108. The molecule has 3 nitrogen and oxygen atoms in total. The number of hydrogen-bond donors (Lipinski definition) is 0. The van der Waals surface area contributed by atoms with Gasteiger partial charge in [0, 0.05) is 30.6 Å². The second-order valence-corrected chi connectivity index (χ2v) is 14.8. The molecule has 0 saturated carbocycles. The maximum atomic E-state index is 6.69. The zero-order valence-corrected chi connectivity index (χ0v) is 26.2. The van der Waals surface area contributed by atoms with E-state index in [0.29, 0.717) is 0 Å². The van der Waals surface area contributed by atoms with Gasteiger partial charge in [0.25, 0.3) is 0 Å². The molecule has 0 unspecified atom stereocenters. The highest BCUT2D eigenvalue weighted by molar-refractivity contribution is 7.16. The van der Waals surface area contributed by atoms with Gasteiger partial charge in [-0.05, 0) is 48.4 Å². The third-order valence-electron chi connectivity index (χ3n) is 6.83. The first-order valence-corrected chi connectivity index (χ1v) is 16.0. The zero-order chi connectivity index (χ0) is 26.8. The van der Waals surface area contributed by atoms with Gasteiger partial charge in [-0.3, -0.25) is 0 Å². The Kier molecular flexibility index (Phi) is 8.82. The first-order chi connectivity index (χ1) is 17.5. The molecule has 0 spiro atoms. The molecule has 0 fully saturated rings. The Labute approximate surface area is 235 Å². The van der Waals surface area contributed by atoms with E-state index in [-0.39, 0.29) is 10.8 Å². The summed E-state index contributed by atoms with van der Waals surface area (Å²) in [6, 6.07) is 9.04. The largest absolute Gasteiger partial charge is 0.493 e. The summed E-state index contributed by atoms with van der Waals surface area (Å²) in [6.45, 7) is 18.9. The van der Waals surface area contributed by atoms with Crippen LogP contribution in [0.3, 0.4) is 0 Å². The van der Waals surface area contributed by atoms with Gasteiger partial charge in [-0.1, -0.05) is 80.6 Å². The third-order valence-corrected chi connectivity index (χ3v) is 10.4. The second-order valence-electron chi connectivity index (χ2n) is 12.1. The van der Waals surface area contributed by atoms with Gasteiger partial charge in [-0.2, -0.15) is 8.75 Å². The van der Waals surface area contributed by atoms with Crippen LogP contribution in [0.5, 0.6) is 5.75 Å². The number of aromatic nitrogens is 2. The summed E-state index contributed by atoms with van der Waals surface area (Å²) < 4.78 is 16.4. The quantitative estimate of drug-likeness (QED) is 0.183. The van der Waals surface area contributed by atoms with Crippen molar-refractivity contribution >= 4 is 45.4 Å². The summed E-state index contributed by atoms with van der Waals surface area (Å²) >= 11 is 5.03. The molecule has 0 N–H and O–H groups in total. The molecule has 37 heavy (non-hydrogen) atoms. The summed E-state index contributed by atoms with van der Waals surface area (Å²) in [5.41, 5.74) is 5.66. The highest BCUT2D eigenvalue weighted by atomic mass is 32.1. The summed E-state index contributed by atoms with van der Waals surface area (Å²) in [7, 11) is 0. The molecule has 0 aliphatic rings. The van der Waals surface area contributed by atoms with Crippen molar-refractivity contribution in [1.29, 1.82) is 0 Å². The monoisotopic (exact) mass is 554 g/mol. The lowest BCUT2D eigenvalue weighted by atomic mass is 9.94. The van der Waals surface area contributed by atoms with E-state index in [4.69, 9.17) is 13.5 Å². The van der Waals surface area contributed by atoms with Crippen LogP contribution in [0.2, 0.25) is 0 Å². The van der Waals surface area contributed by atoms with Gasteiger partial charge in [-0.15, -0.1) is 22.7 Å². The summed E-state index contributed by atoms with van der Waals surface area (Å²) in [6.07, 6.45) is 7.51. The van der Waals surface area contributed by atoms with Crippen LogP contribution in [0, 0.1) is 6.92 Å². The highest BCUT2D eigenvalue weighted by Gasteiger charge is 2.27. The average molecular weight is 555 g/mol. The molecule has 0 aliphatic carbocycles. The number of unbranched alkanes of at least 4 members (excludes halogenated alkanes) is 5. The van der Waals surface area contributed by atoms with Crippen LogP contribution < -0.4 is 4.74 Å². The molecule has 0 aliphatic heterocycles. The molecule has 0 bridgehead atoms. The fraction of sp³-hybridized carbons (Fsp3) is 0.548. The average Bonchev–Trinajstić information content (AvgIpc) is 3.58. The SMILES string of the molecule is CCCCCCCCOc1c(C)c(-c2ccc(C(C)(C)C)s2)c2nsnc2c1-c1ccc(C(C)(C)C)s1. The zero-order valence-electron chi connectivity index (χ0n) is 23.8. The number of thiophene rings is 2. The number of ether oxygens (including phenoxy) is 1. The Balaban J connectivity index is 1.80. The minimum absolute atomic E-state index is 0.108. The van der Waals surface area contributed by atoms with E-state index in [9.17, 15) is 0 Å². The van der Waals surface area contributed by atoms with E-state index in [1.807, 2.05) is 22.7 Å². The number of fused-ring (bicyclic) bond motifs is 1. The fourth-order valence-electron chi connectivity index (χ4n) is 4.62. The molecule has 0 amide bonds. The van der Waals surface area contributed by atoms with Crippen LogP contribution in [0.4, 0.5) is 0 Å². The molecule has 1 aromatic carbocycles. The second kappa shape index (κ2) is 11.5. The van der Waals surface area contributed by atoms with Crippen LogP contribution in [0.25, 0.3) is 31.9 Å². The Bertz CT molecular complexity index is 1330. The van der Waals surface area contributed by atoms with Gasteiger partial charge >= 0.3 is 0 Å². The van der Waals surface area contributed by atoms with Gasteiger partial charge in [0.05, 0.1) is 23.9 Å². The lowest BCUT2D eigenvalue weighted by Gasteiger charge is -2.18. The van der Waals surface area contributed by atoms with Gasteiger partial charge in [-0.25, -0.2) is 0 Å². The highest BCUT2D eigenvalue weighted by Crippen LogP contribution is 2.49. The Morgan fingerprint density at radius 1 is 0.703 bits per heavy atom. The first-order valence-electron chi connectivity index (χ1n) is 13.7. The number of benzene rings is 1. The maximum Gasteiger partial charge on any atom is 0.133 e. The van der Waals surface area contributed by atoms with Crippen LogP contribution in [-0.4, -0.2) is 15.4 Å². The maximum absolute atomic E-state index is 6.69. The van der Waals surface area contributed by atoms with Gasteiger partial charge in [0.15, 0.2) is 0 Å². The minimum Gasteiger partial charge on any atom is -0.493 e. The van der Waals surface area contributed by atoms with E-state index < -0.39 is 0 Å². The fourth-order valence-corrected chi connectivity index (χ4v) is 7.45. The van der Waals surface area contributed by atoms with Gasteiger partial charge in [0.1, 0.15) is 16.8 Å². The van der Waals surface area contributed by atoms with E-state index in [2.05, 4.69) is 79.7 Å². The molecule has 3 aromatic heterocycles. The van der Waals surface area contributed by atoms with Crippen molar-refractivity contribution in [3.05, 3.63) is 39.6 Å². The van der Waals surface area contributed by atoms with Crippen molar-refractivity contribution in [3.8, 4) is 26.6 Å². The Morgan fingerprint density at radius 3 is 1.76 bits per heavy atom. The molecule has 0 radical (unpaired) electrons. The summed E-state index contributed by atoms with van der Waals surface area (Å²) in [5.74, 6) is 0.983. The van der Waals surface area contributed by atoms with E-state index in [1.165, 1.54) is 74.5 Å². The van der Waals surface area contributed by atoms with E-state index in [1.54, 1.807) is 0 Å². The van der Waals surface area contributed by atoms with Crippen LogP contribution in [0.15, 0.2) is 24.3 Å². The Hall–Kier alpha value is -1.76. The van der Waals surface area contributed by atoms with E-state index in [0.717, 1.165) is 35.4 Å². The lowest BCUT2D eigenvalue weighted by Crippen LogP contribution is -2.07. The topological polar surface area (TPSA) is 35.0 Å². The molecule has 200 valence electrons. The van der Waals surface area contributed by atoms with Crippen molar-refractivity contribution in [2.45, 2.75) is 105 Å². The van der Waals surface area contributed by atoms with E-state index >= 15 is 0 Å². The molecular formula is C31H42N2OS3. The molecule has 0 saturated heterocycles. The lowest BCUT2D eigenvalue weighted by molar-refractivity contribution is 0.304. The molecule has 6 heteroatoms. The van der Waals surface area contributed by atoms with Crippen molar-refractivity contribution in [1.82, 2.24) is 8.75 Å². The standard InChI is InChI=1S/C31H42N2OS3/c1-9-10-11-12-13-14-19-34-29-20(2)25(21-15-17-23(35-21)30(3,4)5)27-28(33-37-32-27)26(29)22-16-18-24(36-22)31(6,7)8/h15-18H,9-14,19H2,1-8H3. The van der Waals surface area contributed by atoms with Crippen LogP contribution in [-0.2, 0) is 10.8 Å². The predicted molar refractivity (Wildman–Crippen MR) is 165 cm³/mol. The molecule has 4 aromatic rings. The van der Waals surface area contributed by atoms with Gasteiger partial charge < -0.3 is 4.74 Å². The van der Waals surface area contributed by atoms with Crippen LogP contribution >= 0.6 is 34.4 Å². The smallest absolute Gasteiger partial charge is 0.133 e. The normalized spacial score (nSPS) is 12.5. The van der Waals surface area contributed by atoms with Crippen molar-refractivity contribution in [3.63, 3.8) is 0 Å². The predicted octanol–water partition coefficient (Wildman–Crippen LogP) is 10.8. The third kappa shape index (κ3) is 6.29. The van der Waals surface area contributed by atoms with Crippen molar-refractivity contribution in [2.75, 3.05) is 6.61 Å². The molecule has 0 atom stereocenters. The summed E-state index contributed by atoms with van der Waals surface area (Å²) in [4.78, 5) is 5.22. The molecule has 3 heterocycles. The molecular weight excluding hydrogens is 513 g/mol. The van der Waals surface area contributed by atoms with Gasteiger partial charge in [0.2, 0.25) is 0 Å². The van der Waals surface area contributed by atoms with Crippen molar-refractivity contribution < 1.29 is 4.74 Å². The first kappa shape index (κ1) is 28.3.